The number of amides is 2. The number of benzene rings is 1. The van der Waals surface area contributed by atoms with E-state index in [1.165, 1.54) is 31.3 Å². The van der Waals surface area contributed by atoms with Crippen molar-refractivity contribution in [3.8, 4) is 0 Å². The number of carbonyl (C=O) groups excluding carboxylic acids is 2. The zero-order chi connectivity index (χ0) is 21.4. The van der Waals surface area contributed by atoms with Crippen LogP contribution in [0.5, 0.6) is 0 Å². The van der Waals surface area contributed by atoms with Gasteiger partial charge in [-0.3, -0.25) is 0 Å². The first kappa shape index (κ1) is 22.2. The van der Waals surface area contributed by atoms with Crippen LogP contribution in [0.2, 0.25) is 0 Å². The molecule has 1 heterocycles. The van der Waals surface area contributed by atoms with Crippen molar-refractivity contribution in [1.29, 1.82) is 0 Å². The van der Waals surface area contributed by atoms with E-state index in [2.05, 4.69) is 15.0 Å². The minimum atomic E-state index is -4.53. The number of hydrogen-bond acceptors (Lipinski definition) is 6. The van der Waals surface area contributed by atoms with Gasteiger partial charge < -0.3 is 24.1 Å². The smallest absolute Gasteiger partial charge is 0.416 e. The lowest BCUT2D eigenvalue weighted by atomic mass is 10.2. The Balaban J connectivity index is 2.13. The Morgan fingerprint density at radius 3 is 2.69 bits per heavy atom. The van der Waals surface area contributed by atoms with Crippen LogP contribution in [0.3, 0.4) is 0 Å². The highest BCUT2D eigenvalue weighted by Gasteiger charge is 2.30. The number of nitrogens with one attached hydrogen (secondary N) is 1. The maximum Gasteiger partial charge on any atom is 0.416 e. The number of ether oxygens (including phenoxy) is 2. The van der Waals surface area contributed by atoms with Gasteiger partial charge in [0.25, 0.3) is 0 Å². The van der Waals surface area contributed by atoms with Gasteiger partial charge in [-0.2, -0.15) is 13.2 Å². The molecule has 1 aromatic carbocycles. The normalized spacial score (nSPS) is 11.2. The van der Waals surface area contributed by atoms with E-state index in [4.69, 9.17) is 9.15 Å². The van der Waals surface area contributed by atoms with E-state index in [-0.39, 0.29) is 30.4 Å². The maximum atomic E-state index is 12.9. The minimum Gasteiger partial charge on any atom is -0.464 e. The van der Waals surface area contributed by atoms with E-state index >= 15 is 0 Å². The van der Waals surface area contributed by atoms with Crippen LogP contribution in [0.25, 0.3) is 0 Å². The molecular weight excluding hydrogens is 395 g/mol. The second kappa shape index (κ2) is 9.92. The number of methoxy groups -OCH3 is 2. The molecule has 0 aliphatic heterocycles. The number of rotatable bonds is 8. The summed E-state index contributed by atoms with van der Waals surface area (Å²) in [5.41, 5.74) is -0.946. The van der Waals surface area contributed by atoms with Crippen LogP contribution in [-0.4, -0.2) is 49.3 Å². The molecule has 0 bridgehead atoms. The number of aromatic nitrogens is 1. The fourth-order valence-corrected chi connectivity index (χ4v) is 2.37. The molecule has 0 saturated heterocycles. The van der Waals surface area contributed by atoms with Crippen LogP contribution in [0.15, 0.2) is 34.9 Å². The zero-order valence-corrected chi connectivity index (χ0v) is 15.8. The molecule has 0 saturated carbocycles. The van der Waals surface area contributed by atoms with Crippen LogP contribution in [-0.2, 0) is 22.2 Å². The summed E-state index contributed by atoms with van der Waals surface area (Å²) in [6.07, 6.45) is -2.96. The number of esters is 1. The van der Waals surface area contributed by atoms with Crippen molar-refractivity contribution in [3.05, 3.63) is 47.7 Å². The molecule has 2 amide bonds. The average Bonchev–Trinajstić information content (AvgIpc) is 3.15. The van der Waals surface area contributed by atoms with E-state index in [0.717, 1.165) is 18.4 Å². The van der Waals surface area contributed by atoms with Gasteiger partial charge >= 0.3 is 18.2 Å². The van der Waals surface area contributed by atoms with Crippen molar-refractivity contribution in [1.82, 2.24) is 9.88 Å². The van der Waals surface area contributed by atoms with Gasteiger partial charge in [-0.15, -0.1) is 0 Å². The Morgan fingerprint density at radius 2 is 2.03 bits per heavy atom. The average molecular weight is 415 g/mol. The summed E-state index contributed by atoms with van der Waals surface area (Å²) in [4.78, 5) is 29.3. The number of nitrogens with zero attached hydrogens (tertiary/aromatic N) is 2. The number of hydrogen-bond donors (Lipinski definition) is 1. The van der Waals surface area contributed by atoms with Crippen molar-refractivity contribution in [3.63, 3.8) is 0 Å². The number of alkyl halides is 3. The monoisotopic (exact) mass is 415 g/mol. The van der Waals surface area contributed by atoms with Crippen LogP contribution in [0.4, 0.5) is 23.7 Å². The topological polar surface area (TPSA) is 93.9 Å². The lowest BCUT2D eigenvalue weighted by Crippen LogP contribution is -2.36. The molecule has 0 aliphatic rings. The van der Waals surface area contributed by atoms with Gasteiger partial charge in [-0.25, -0.2) is 14.6 Å². The highest BCUT2D eigenvalue weighted by atomic mass is 19.4. The number of urea groups is 1. The van der Waals surface area contributed by atoms with Crippen molar-refractivity contribution < 1.29 is 36.7 Å². The third-order valence-corrected chi connectivity index (χ3v) is 3.78. The lowest BCUT2D eigenvalue weighted by Gasteiger charge is -2.22. The van der Waals surface area contributed by atoms with Crippen molar-refractivity contribution >= 4 is 17.7 Å². The van der Waals surface area contributed by atoms with Gasteiger partial charge in [0.15, 0.2) is 5.69 Å². The number of halogens is 3. The molecule has 0 radical (unpaired) electrons. The van der Waals surface area contributed by atoms with Gasteiger partial charge in [0, 0.05) is 25.9 Å². The lowest BCUT2D eigenvalue weighted by molar-refractivity contribution is -0.137. The standard InChI is InChI=1S/C18H20F3N3O5/c1-27-8-4-7-24(10-15-23-14(11-29-15)16(25)28-2)17(26)22-13-6-3-5-12(9-13)18(19,20)21/h3,5-6,9,11H,4,7-8,10H2,1-2H3,(H,22,26). The first-order valence-electron chi connectivity index (χ1n) is 8.49. The highest BCUT2D eigenvalue weighted by Crippen LogP contribution is 2.30. The fourth-order valence-electron chi connectivity index (χ4n) is 2.37. The molecule has 2 aromatic rings. The molecule has 0 unspecified atom stereocenters. The van der Waals surface area contributed by atoms with Gasteiger partial charge in [-0.05, 0) is 24.6 Å². The van der Waals surface area contributed by atoms with E-state index in [1.54, 1.807) is 0 Å². The van der Waals surface area contributed by atoms with E-state index in [9.17, 15) is 22.8 Å². The summed E-state index contributed by atoms with van der Waals surface area (Å²) in [7, 11) is 2.69. The highest BCUT2D eigenvalue weighted by molar-refractivity contribution is 5.89. The van der Waals surface area contributed by atoms with Gasteiger partial charge in [0.05, 0.1) is 19.2 Å². The molecule has 0 atom stereocenters. The summed E-state index contributed by atoms with van der Waals surface area (Å²) < 4.78 is 53.2. The van der Waals surface area contributed by atoms with E-state index in [1.807, 2.05) is 0 Å². The van der Waals surface area contributed by atoms with Gasteiger partial charge in [-0.1, -0.05) is 6.07 Å². The molecule has 1 aromatic heterocycles. The Hall–Kier alpha value is -3.08. The molecule has 158 valence electrons. The largest absolute Gasteiger partial charge is 0.464 e. The first-order valence-corrected chi connectivity index (χ1v) is 8.49. The summed E-state index contributed by atoms with van der Waals surface area (Å²) in [5.74, 6) is -0.624. The predicted molar refractivity (Wildman–Crippen MR) is 95.2 cm³/mol. The maximum absolute atomic E-state index is 12.9. The van der Waals surface area contributed by atoms with Crippen LogP contribution in [0, 0.1) is 0 Å². The number of oxazole rings is 1. The summed E-state index contributed by atoms with van der Waals surface area (Å²) in [6, 6.07) is 3.64. The van der Waals surface area contributed by atoms with Crippen LogP contribution in [0.1, 0.15) is 28.4 Å². The second-order valence-corrected chi connectivity index (χ2v) is 5.89. The summed E-state index contributed by atoms with van der Waals surface area (Å²) in [6.45, 7) is 0.479. The van der Waals surface area contributed by atoms with Crippen molar-refractivity contribution in [2.75, 3.05) is 32.7 Å². The predicted octanol–water partition coefficient (Wildman–Crippen LogP) is 3.55. The van der Waals surface area contributed by atoms with E-state index < -0.39 is 23.7 Å². The fraction of sp³-hybridized carbons (Fsp3) is 0.389. The Bertz CT molecular complexity index is 838. The summed E-state index contributed by atoms with van der Waals surface area (Å²) >= 11 is 0. The van der Waals surface area contributed by atoms with Gasteiger partial charge in [0.2, 0.25) is 5.89 Å². The van der Waals surface area contributed by atoms with Crippen molar-refractivity contribution in [2.24, 2.45) is 0 Å². The first-order chi connectivity index (χ1) is 13.7. The number of anilines is 1. The third-order valence-electron chi connectivity index (χ3n) is 3.78. The SMILES string of the molecule is COCCCN(Cc1nc(C(=O)OC)co1)C(=O)Nc1cccc(C(F)(F)F)c1. The quantitative estimate of drug-likeness (QED) is 0.524. The van der Waals surface area contributed by atoms with Crippen molar-refractivity contribution in [2.45, 2.75) is 19.1 Å². The molecule has 29 heavy (non-hydrogen) atoms. The van der Waals surface area contributed by atoms with Crippen LogP contribution < -0.4 is 5.32 Å². The number of carbonyl (C=O) groups is 2. The minimum absolute atomic E-state index is 0.00998. The molecule has 1 N–H and O–H groups in total. The molecule has 2 rings (SSSR count). The van der Waals surface area contributed by atoms with Gasteiger partial charge in [0.1, 0.15) is 6.26 Å². The molecular formula is C18H20F3N3O5. The van der Waals surface area contributed by atoms with E-state index in [0.29, 0.717) is 13.0 Å². The molecule has 0 spiro atoms. The molecule has 0 aliphatic carbocycles. The zero-order valence-electron chi connectivity index (χ0n) is 15.8. The Kier molecular flexibility index (Phi) is 7.59. The second-order valence-electron chi connectivity index (χ2n) is 5.89. The Labute approximate surface area is 164 Å². The molecule has 8 nitrogen and oxygen atoms in total. The molecule has 0 fully saturated rings. The van der Waals surface area contributed by atoms with Crippen LogP contribution >= 0.6 is 0 Å². The molecule has 11 heteroatoms. The Morgan fingerprint density at radius 1 is 1.28 bits per heavy atom. The third kappa shape index (κ3) is 6.49. The summed E-state index contributed by atoms with van der Waals surface area (Å²) in [5, 5.41) is 2.43.